The summed E-state index contributed by atoms with van der Waals surface area (Å²) in [5.41, 5.74) is 0.103. The van der Waals surface area contributed by atoms with E-state index in [2.05, 4.69) is 33.0 Å². The Balaban J connectivity index is 2.34. The molecule has 0 saturated heterocycles. The molecule has 0 aliphatic carbocycles. The van der Waals surface area contributed by atoms with Gasteiger partial charge in [0.25, 0.3) is 0 Å². The lowest BCUT2D eigenvalue weighted by Crippen LogP contribution is -2.39. The maximum atomic E-state index is 13.3. The highest BCUT2D eigenvalue weighted by molar-refractivity contribution is 5.23. The van der Waals surface area contributed by atoms with Gasteiger partial charge in [-0.1, -0.05) is 19.1 Å². The van der Waals surface area contributed by atoms with Crippen LogP contribution in [0.5, 0.6) is 5.75 Å². The van der Waals surface area contributed by atoms with Gasteiger partial charge in [0.1, 0.15) is 0 Å². The van der Waals surface area contributed by atoms with E-state index in [9.17, 15) is 4.39 Å². The second-order valence-corrected chi connectivity index (χ2v) is 5.48. The van der Waals surface area contributed by atoms with Crippen LogP contribution < -0.4 is 10.1 Å². The van der Waals surface area contributed by atoms with Crippen LogP contribution in [0.25, 0.3) is 0 Å². The van der Waals surface area contributed by atoms with Crippen LogP contribution in [0.15, 0.2) is 24.3 Å². The number of rotatable bonds is 5. The third kappa shape index (κ3) is 5.68. The normalized spacial score (nSPS) is 13.5. The van der Waals surface area contributed by atoms with Crippen molar-refractivity contribution >= 4 is 0 Å². The molecule has 17 heavy (non-hydrogen) atoms. The smallest absolute Gasteiger partial charge is 0.165 e. The average molecular weight is 239 g/mol. The molecule has 0 spiro atoms. The topological polar surface area (TPSA) is 21.3 Å². The van der Waals surface area contributed by atoms with Gasteiger partial charge in [0.15, 0.2) is 11.6 Å². The Morgan fingerprint density at radius 1 is 1.29 bits per heavy atom. The number of para-hydroxylation sites is 1. The molecule has 96 valence electrons. The molecule has 0 amide bonds. The summed E-state index contributed by atoms with van der Waals surface area (Å²) in [6, 6.07) is 6.50. The third-order valence-electron chi connectivity index (χ3n) is 2.34. The molecule has 0 bridgehead atoms. The zero-order valence-electron chi connectivity index (χ0n) is 11.1. The Morgan fingerprint density at radius 3 is 2.53 bits per heavy atom. The Hall–Kier alpha value is -1.09. The predicted octanol–water partition coefficient (Wildman–Crippen LogP) is 3.23. The van der Waals surface area contributed by atoms with E-state index in [1.54, 1.807) is 18.2 Å². The van der Waals surface area contributed by atoms with Crippen molar-refractivity contribution in [3.05, 3.63) is 30.1 Å². The van der Waals surface area contributed by atoms with E-state index >= 15 is 0 Å². The zero-order chi connectivity index (χ0) is 12.9. The van der Waals surface area contributed by atoms with E-state index < -0.39 is 0 Å². The van der Waals surface area contributed by atoms with E-state index in [1.807, 2.05) is 0 Å². The van der Waals surface area contributed by atoms with Gasteiger partial charge in [-0.2, -0.15) is 0 Å². The Labute approximate surface area is 103 Å². The van der Waals surface area contributed by atoms with Crippen molar-refractivity contribution in [1.29, 1.82) is 0 Å². The molecular formula is C14H22FNO. The second kappa shape index (κ2) is 6.01. The van der Waals surface area contributed by atoms with Crippen molar-refractivity contribution < 1.29 is 9.13 Å². The van der Waals surface area contributed by atoms with Gasteiger partial charge in [-0.3, -0.25) is 0 Å². The molecule has 1 aromatic carbocycles. The molecule has 2 nitrogen and oxygen atoms in total. The fraction of sp³-hybridized carbons (Fsp3) is 0.571. The van der Waals surface area contributed by atoms with Crippen molar-refractivity contribution in [3.8, 4) is 5.75 Å². The predicted molar refractivity (Wildman–Crippen MR) is 68.8 cm³/mol. The zero-order valence-corrected chi connectivity index (χ0v) is 11.1. The summed E-state index contributed by atoms with van der Waals surface area (Å²) in [5.74, 6) is 0.368. The fourth-order valence-electron chi connectivity index (χ4n) is 1.33. The lowest BCUT2D eigenvalue weighted by atomic mass is 10.1. The molecular weight excluding hydrogens is 217 g/mol. The number of halogens is 1. The SMILES string of the molecule is CC(CNC(C)(C)C)COc1ccccc1F. The highest BCUT2D eigenvalue weighted by Gasteiger charge is 2.12. The first-order chi connectivity index (χ1) is 7.88. The quantitative estimate of drug-likeness (QED) is 0.851. The van der Waals surface area contributed by atoms with Crippen molar-refractivity contribution in [2.75, 3.05) is 13.2 Å². The van der Waals surface area contributed by atoms with Crippen molar-refractivity contribution in [1.82, 2.24) is 5.32 Å². The summed E-state index contributed by atoms with van der Waals surface area (Å²) in [6.07, 6.45) is 0. The van der Waals surface area contributed by atoms with Crippen LogP contribution >= 0.6 is 0 Å². The highest BCUT2D eigenvalue weighted by Crippen LogP contribution is 2.16. The summed E-state index contributed by atoms with van der Waals surface area (Å²) in [7, 11) is 0. The van der Waals surface area contributed by atoms with Crippen molar-refractivity contribution in [2.45, 2.75) is 33.2 Å². The molecule has 0 aliphatic heterocycles. The van der Waals surface area contributed by atoms with Gasteiger partial charge in [-0.25, -0.2) is 4.39 Å². The monoisotopic (exact) mass is 239 g/mol. The first-order valence-corrected chi connectivity index (χ1v) is 6.01. The minimum atomic E-state index is -0.302. The number of hydrogen-bond acceptors (Lipinski definition) is 2. The number of nitrogens with one attached hydrogen (secondary N) is 1. The third-order valence-corrected chi connectivity index (χ3v) is 2.34. The van der Waals surface area contributed by atoms with Crippen LogP contribution in [-0.2, 0) is 0 Å². The van der Waals surface area contributed by atoms with E-state index in [4.69, 9.17) is 4.74 Å². The number of hydrogen-bond donors (Lipinski definition) is 1. The molecule has 0 saturated carbocycles. The standard InChI is InChI=1S/C14H22FNO/c1-11(9-16-14(2,3)4)10-17-13-8-6-5-7-12(13)15/h5-8,11,16H,9-10H2,1-4H3. The Bertz CT molecular complexity index is 346. The van der Waals surface area contributed by atoms with Crippen LogP contribution in [0.4, 0.5) is 4.39 Å². The van der Waals surface area contributed by atoms with Gasteiger partial charge in [-0.15, -0.1) is 0 Å². The molecule has 1 unspecified atom stereocenters. The van der Waals surface area contributed by atoms with Crippen LogP contribution in [-0.4, -0.2) is 18.7 Å². The average Bonchev–Trinajstić information content (AvgIpc) is 2.24. The molecule has 0 heterocycles. The van der Waals surface area contributed by atoms with Crippen molar-refractivity contribution in [3.63, 3.8) is 0 Å². The number of ether oxygens (including phenoxy) is 1. The number of benzene rings is 1. The summed E-state index contributed by atoms with van der Waals surface area (Å²) < 4.78 is 18.7. The van der Waals surface area contributed by atoms with Gasteiger partial charge in [0, 0.05) is 18.0 Å². The lowest BCUT2D eigenvalue weighted by molar-refractivity contribution is 0.235. The first-order valence-electron chi connectivity index (χ1n) is 6.01. The molecule has 1 rings (SSSR count). The Morgan fingerprint density at radius 2 is 1.94 bits per heavy atom. The van der Waals surface area contributed by atoms with Crippen LogP contribution in [0.2, 0.25) is 0 Å². The molecule has 1 N–H and O–H groups in total. The largest absolute Gasteiger partial charge is 0.490 e. The minimum Gasteiger partial charge on any atom is -0.490 e. The summed E-state index contributed by atoms with van der Waals surface area (Å²) in [6.45, 7) is 9.83. The fourth-order valence-corrected chi connectivity index (χ4v) is 1.33. The highest BCUT2D eigenvalue weighted by atomic mass is 19.1. The molecule has 0 aliphatic rings. The maximum Gasteiger partial charge on any atom is 0.165 e. The van der Waals surface area contributed by atoms with Crippen LogP contribution in [0.3, 0.4) is 0 Å². The molecule has 1 aromatic rings. The van der Waals surface area contributed by atoms with Gasteiger partial charge in [-0.05, 0) is 32.9 Å². The van der Waals surface area contributed by atoms with E-state index in [1.165, 1.54) is 6.07 Å². The molecule has 0 fully saturated rings. The van der Waals surface area contributed by atoms with E-state index in [-0.39, 0.29) is 11.4 Å². The summed E-state index contributed by atoms with van der Waals surface area (Å²) >= 11 is 0. The minimum absolute atomic E-state index is 0.103. The van der Waals surface area contributed by atoms with E-state index in [0.717, 1.165) is 6.54 Å². The first kappa shape index (κ1) is 14.0. The molecule has 0 radical (unpaired) electrons. The molecule has 0 aromatic heterocycles. The Kier molecular flexibility index (Phi) is 4.94. The maximum absolute atomic E-state index is 13.3. The lowest BCUT2D eigenvalue weighted by Gasteiger charge is -2.23. The molecule has 3 heteroatoms. The molecule has 1 atom stereocenters. The summed E-state index contributed by atoms with van der Waals surface area (Å²) in [5, 5.41) is 3.40. The van der Waals surface area contributed by atoms with E-state index in [0.29, 0.717) is 18.3 Å². The van der Waals surface area contributed by atoms with Crippen LogP contribution in [0.1, 0.15) is 27.7 Å². The van der Waals surface area contributed by atoms with Crippen molar-refractivity contribution in [2.24, 2.45) is 5.92 Å². The van der Waals surface area contributed by atoms with Gasteiger partial charge < -0.3 is 10.1 Å². The van der Waals surface area contributed by atoms with Gasteiger partial charge in [0.2, 0.25) is 0 Å². The van der Waals surface area contributed by atoms with Gasteiger partial charge in [0.05, 0.1) is 6.61 Å². The van der Waals surface area contributed by atoms with Gasteiger partial charge >= 0.3 is 0 Å². The van der Waals surface area contributed by atoms with Crippen LogP contribution in [0, 0.1) is 11.7 Å². The second-order valence-electron chi connectivity index (χ2n) is 5.48. The summed E-state index contributed by atoms with van der Waals surface area (Å²) in [4.78, 5) is 0.